The third kappa shape index (κ3) is 4.67. The Bertz CT molecular complexity index is 1300. The predicted octanol–water partition coefficient (Wildman–Crippen LogP) is 6.07. The maximum Gasteiger partial charge on any atom is 0.265 e. The van der Waals surface area contributed by atoms with Gasteiger partial charge in [-0.2, -0.15) is 0 Å². The van der Waals surface area contributed by atoms with Crippen molar-refractivity contribution in [2.45, 2.75) is 32.8 Å². The molecule has 33 heavy (non-hydrogen) atoms. The van der Waals surface area contributed by atoms with E-state index in [2.05, 4.69) is 20.5 Å². The van der Waals surface area contributed by atoms with Crippen molar-refractivity contribution in [2.75, 3.05) is 23.3 Å². The fourth-order valence-electron chi connectivity index (χ4n) is 3.98. The summed E-state index contributed by atoms with van der Waals surface area (Å²) >= 11 is 7.56. The molecule has 0 atom stereocenters. The molecule has 1 aliphatic rings. The van der Waals surface area contributed by atoms with Crippen LogP contribution in [0.1, 0.15) is 40.1 Å². The number of rotatable bonds is 6. The highest BCUT2D eigenvalue weighted by atomic mass is 35.5. The van der Waals surface area contributed by atoms with Gasteiger partial charge in [0.15, 0.2) is 11.0 Å². The molecule has 1 amide bonds. The van der Waals surface area contributed by atoms with Crippen LogP contribution < -0.4 is 15.0 Å². The summed E-state index contributed by atoms with van der Waals surface area (Å²) in [7, 11) is 0. The number of ether oxygens (including phenoxy) is 1. The third-order valence-corrected chi connectivity index (χ3v) is 6.99. The molecule has 1 N–H and O–H groups in total. The van der Waals surface area contributed by atoms with Gasteiger partial charge in [0.25, 0.3) is 5.91 Å². The summed E-state index contributed by atoms with van der Waals surface area (Å²) in [6, 6.07) is 11.3. The van der Waals surface area contributed by atoms with Crippen LogP contribution >= 0.6 is 22.9 Å². The predicted molar refractivity (Wildman–Crippen MR) is 131 cm³/mol. The van der Waals surface area contributed by atoms with Crippen molar-refractivity contribution in [3.05, 3.63) is 62.8 Å². The number of hydrogen-bond donors (Lipinski definition) is 1. The zero-order valence-electron chi connectivity index (χ0n) is 18.1. The first-order chi connectivity index (χ1) is 16.1. The number of fused-ring (bicyclic) bond motifs is 1. The van der Waals surface area contributed by atoms with Crippen molar-refractivity contribution in [3.63, 3.8) is 0 Å². The van der Waals surface area contributed by atoms with Crippen LogP contribution in [0.2, 0.25) is 5.02 Å². The molecule has 2 aromatic heterocycles. The van der Waals surface area contributed by atoms with Gasteiger partial charge in [0.2, 0.25) is 0 Å². The van der Waals surface area contributed by atoms with Crippen molar-refractivity contribution in [2.24, 2.45) is 0 Å². The lowest BCUT2D eigenvalue weighted by Crippen LogP contribution is -2.29. The van der Waals surface area contributed by atoms with Gasteiger partial charge in [0, 0.05) is 18.7 Å². The minimum atomic E-state index is -0.213. The number of hydrogen-bond acceptors (Lipinski definition) is 7. The zero-order valence-corrected chi connectivity index (χ0v) is 19.7. The molecule has 0 bridgehead atoms. The minimum absolute atomic E-state index is 0.213. The molecule has 2 aromatic carbocycles. The van der Waals surface area contributed by atoms with E-state index in [1.54, 1.807) is 0 Å². The van der Waals surface area contributed by atoms with Gasteiger partial charge in [-0.1, -0.05) is 17.7 Å². The average molecular weight is 483 g/mol. The molecule has 0 radical (unpaired) electrons. The number of piperidine rings is 1. The van der Waals surface area contributed by atoms with Crippen molar-refractivity contribution >= 4 is 51.3 Å². The van der Waals surface area contributed by atoms with Crippen LogP contribution in [0, 0.1) is 6.92 Å². The number of aromatic nitrogens is 2. The molecule has 0 aliphatic carbocycles. The maximum atomic E-state index is 12.9. The fourth-order valence-corrected chi connectivity index (χ4v) is 4.94. The second kappa shape index (κ2) is 9.41. The molecule has 1 aliphatic heterocycles. The number of halogens is 1. The Balaban J connectivity index is 1.29. The molecule has 5 rings (SSSR count). The summed E-state index contributed by atoms with van der Waals surface area (Å²) in [4.78, 5) is 15.8. The van der Waals surface area contributed by atoms with E-state index in [0.717, 1.165) is 42.7 Å². The Hall–Kier alpha value is -3.10. The smallest absolute Gasteiger partial charge is 0.265 e. The largest absolute Gasteiger partial charge is 0.487 e. The van der Waals surface area contributed by atoms with E-state index in [0.29, 0.717) is 39.0 Å². The van der Waals surface area contributed by atoms with E-state index < -0.39 is 0 Å². The Morgan fingerprint density at radius 1 is 1.15 bits per heavy atom. The quantitative estimate of drug-likeness (QED) is 0.359. The molecule has 3 heterocycles. The number of aryl methyl sites for hydroxylation is 1. The molecule has 170 valence electrons. The standard InChI is InChI=1S/C24H23ClN4O3S/c1-15-5-6-17(25)20(11-15)31-13-16-12-21(33-14-16)24(30)26-18-7-8-19(23-22(18)27-32-28-23)29-9-3-2-4-10-29/h5-8,11-12,14H,2-4,9-10,13H2,1H3,(H,26,30). The van der Waals surface area contributed by atoms with Gasteiger partial charge in [-0.25, -0.2) is 4.63 Å². The lowest BCUT2D eigenvalue weighted by Gasteiger charge is -2.28. The van der Waals surface area contributed by atoms with Gasteiger partial charge in [0.05, 0.1) is 21.3 Å². The topological polar surface area (TPSA) is 80.5 Å². The summed E-state index contributed by atoms with van der Waals surface area (Å²) in [6.07, 6.45) is 3.56. The molecule has 4 aromatic rings. The van der Waals surface area contributed by atoms with Crippen LogP contribution in [0.3, 0.4) is 0 Å². The van der Waals surface area contributed by atoms with E-state index in [9.17, 15) is 4.79 Å². The number of thiophene rings is 1. The number of carbonyl (C=O) groups excluding carboxylic acids is 1. The van der Waals surface area contributed by atoms with Gasteiger partial charge in [-0.15, -0.1) is 11.3 Å². The first kappa shape index (κ1) is 21.7. The maximum absolute atomic E-state index is 12.9. The van der Waals surface area contributed by atoms with E-state index in [1.807, 2.05) is 48.7 Å². The second-order valence-electron chi connectivity index (χ2n) is 8.14. The first-order valence-corrected chi connectivity index (χ1v) is 12.1. The summed E-state index contributed by atoms with van der Waals surface area (Å²) in [6.45, 7) is 4.29. The van der Waals surface area contributed by atoms with E-state index in [4.69, 9.17) is 21.0 Å². The lowest BCUT2D eigenvalue weighted by atomic mass is 10.1. The second-order valence-corrected chi connectivity index (χ2v) is 9.46. The number of anilines is 2. The first-order valence-electron chi connectivity index (χ1n) is 10.9. The van der Waals surface area contributed by atoms with E-state index >= 15 is 0 Å². The Morgan fingerprint density at radius 3 is 2.82 bits per heavy atom. The van der Waals surface area contributed by atoms with Gasteiger partial charge < -0.3 is 15.0 Å². The minimum Gasteiger partial charge on any atom is -0.487 e. The Kier molecular flexibility index (Phi) is 6.20. The van der Waals surface area contributed by atoms with Gasteiger partial charge >= 0.3 is 0 Å². The molecular weight excluding hydrogens is 460 g/mol. The lowest BCUT2D eigenvalue weighted by molar-refractivity contribution is 0.103. The van der Waals surface area contributed by atoms with E-state index in [1.165, 1.54) is 17.8 Å². The van der Waals surface area contributed by atoms with Crippen LogP contribution in [0.4, 0.5) is 11.4 Å². The van der Waals surface area contributed by atoms with Crippen LogP contribution in [0.15, 0.2) is 46.4 Å². The Labute approximate surface area is 200 Å². The zero-order chi connectivity index (χ0) is 22.8. The molecule has 7 nitrogen and oxygen atoms in total. The molecule has 1 fully saturated rings. The van der Waals surface area contributed by atoms with Crippen LogP contribution in [-0.2, 0) is 6.61 Å². The number of carbonyl (C=O) groups is 1. The highest BCUT2D eigenvalue weighted by molar-refractivity contribution is 7.12. The van der Waals surface area contributed by atoms with Crippen molar-refractivity contribution in [3.8, 4) is 5.75 Å². The number of benzene rings is 2. The third-order valence-electron chi connectivity index (χ3n) is 5.70. The molecule has 0 unspecified atom stereocenters. The molecule has 0 spiro atoms. The Morgan fingerprint density at radius 2 is 1.97 bits per heavy atom. The van der Waals surface area contributed by atoms with E-state index in [-0.39, 0.29) is 5.91 Å². The van der Waals surface area contributed by atoms with Gasteiger partial charge in [-0.05, 0) is 77.8 Å². The van der Waals surface area contributed by atoms with Gasteiger partial charge in [-0.3, -0.25) is 4.79 Å². The number of nitrogens with zero attached hydrogens (tertiary/aromatic N) is 3. The van der Waals surface area contributed by atoms with Crippen molar-refractivity contribution < 1.29 is 14.2 Å². The monoisotopic (exact) mass is 482 g/mol. The van der Waals surface area contributed by atoms with Crippen molar-refractivity contribution in [1.82, 2.24) is 10.3 Å². The van der Waals surface area contributed by atoms with Crippen molar-refractivity contribution in [1.29, 1.82) is 0 Å². The summed E-state index contributed by atoms with van der Waals surface area (Å²) in [5, 5.41) is 13.6. The summed E-state index contributed by atoms with van der Waals surface area (Å²) in [5.74, 6) is 0.415. The van der Waals surface area contributed by atoms with Crippen LogP contribution in [0.5, 0.6) is 5.75 Å². The highest BCUT2D eigenvalue weighted by Crippen LogP contribution is 2.32. The van der Waals surface area contributed by atoms with Gasteiger partial charge in [0.1, 0.15) is 12.4 Å². The molecule has 1 saturated heterocycles. The highest BCUT2D eigenvalue weighted by Gasteiger charge is 2.20. The fraction of sp³-hybridized carbons (Fsp3) is 0.292. The summed E-state index contributed by atoms with van der Waals surface area (Å²) < 4.78 is 10.9. The number of nitrogens with one attached hydrogen (secondary N) is 1. The van der Waals surface area contributed by atoms with Crippen LogP contribution in [-0.4, -0.2) is 29.3 Å². The average Bonchev–Trinajstić information content (AvgIpc) is 3.51. The number of amides is 1. The normalized spacial score (nSPS) is 13.9. The summed E-state index contributed by atoms with van der Waals surface area (Å²) in [5.41, 5.74) is 4.77. The molecule has 9 heteroatoms. The molecule has 0 saturated carbocycles. The molecular formula is C24H23ClN4O3S. The van der Waals surface area contributed by atoms with Crippen LogP contribution in [0.25, 0.3) is 11.0 Å². The SMILES string of the molecule is Cc1ccc(Cl)c(OCc2csc(C(=O)Nc3ccc(N4CCCCC4)c4nonc34)c2)c1.